The standard InChI is InChI=1S/C14H18FNO3.ClH/c15-12-5-1-2-6-13(12)19-9-8-16-7-3-4-11(10-16)14(17)18;/h1-2,5-6,11H,3-4,7-10H2,(H,17,18);1H. The van der Waals surface area contributed by atoms with Gasteiger partial charge in [-0.05, 0) is 31.5 Å². The molecule has 1 heterocycles. The Balaban J connectivity index is 0.00000200. The van der Waals surface area contributed by atoms with Gasteiger partial charge in [0.1, 0.15) is 6.61 Å². The van der Waals surface area contributed by atoms with Gasteiger partial charge in [0.15, 0.2) is 11.6 Å². The zero-order chi connectivity index (χ0) is 13.7. The zero-order valence-corrected chi connectivity index (χ0v) is 11.9. The number of aliphatic carboxylic acids is 1. The van der Waals surface area contributed by atoms with E-state index in [9.17, 15) is 9.18 Å². The van der Waals surface area contributed by atoms with E-state index >= 15 is 0 Å². The summed E-state index contributed by atoms with van der Waals surface area (Å²) in [6, 6.07) is 6.28. The smallest absolute Gasteiger partial charge is 0.307 e. The van der Waals surface area contributed by atoms with Gasteiger partial charge >= 0.3 is 5.97 Å². The van der Waals surface area contributed by atoms with Crippen LogP contribution in [0, 0.1) is 11.7 Å². The van der Waals surface area contributed by atoms with Crippen molar-refractivity contribution in [1.29, 1.82) is 0 Å². The normalized spacial score (nSPS) is 19.1. The van der Waals surface area contributed by atoms with E-state index in [1.54, 1.807) is 18.2 Å². The first kappa shape index (κ1) is 16.7. The maximum Gasteiger partial charge on any atom is 0.307 e. The molecule has 1 aliphatic rings. The quantitative estimate of drug-likeness (QED) is 0.907. The summed E-state index contributed by atoms with van der Waals surface area (Å²) in [5.74, 6) is -1.15. The molecule has 0 amide bonds. The Labute approximate surface area is 123 Å². The van der Waals surface area contributed by atoms with Crippen molar-refractivity contribution in [2.75, 3.05) is 26.2 Å². The molecule has 1 aromatic rings. The molecule has 1 N–H and O–H groups in total. The van der Waals surface area contributed by atoms with Crippen molar-refractivity contribution in [1.82, 2.24) is 4.90 Å². The number of benzene rings is 1. The highest BCUT2D eigenvalue weighted by molar-refractivity contribution is 5.85. The van der Waals surface area contributed by atoms with Crippen LogP contribution < -0.4 is 4.74 Å². The molecule has 0 saturated carbocycles. The zero-order valence-electron chi connectivity index (χ0n) is 11.1. The third kappa shape index (κ3) is 4.65. The summed E-state index contributed by atoms with van der Waals surface area (Å²) in [5, 5.41) is 8.99. The number of para-hydroxylation sites is 1. The minimum Gasteiger partial charge on any atom is -0.489 e. The minimum absolute atomic E-state index is 0. The number of nitrogens with zero attached hydrogens (tertiary/aromatic N) is 1. The molecule has 1 aromatic carbocycles. The number of likely N-dealkylation sites (tertiary alicyclic amines) is 1. The topological polar surface area (TPSA) is 49.8 Å². The Hall–Kier alpha value is -1.33. The van der Waals surface area contributed by atoms with Crippen molar-refractivity contribution in [3.8, 4) is 5.75 Å². The lowest BCUT2D eigenvalue weighted by Gasteiger charge is -2.30. The van der Waals surface area contributed by atoms with Crippen LogP contribution in [-0.4, -0.2) is 42.2 Å². The lowest BCUT2D eigenvalue weighted by atomic mass is 9.98. The molecule has 0 bridgehead atoms. The van der Waals surface area contributed by atoms with Crippen LogP contribution in [-0.2, 0) is 4.79 Å². The number of piperidine rings is 1. The van der Waals surface area contributed by atoms with Crippen LogP contribution in [0.4, 0.5) is 4.39 Å². The van der Waals surface area contributed by atoms with Gasteiger partial charge in [0.05, 0.1) is 5.92 Å². The van der Waals surface area contributed by atoms with Crippen molar-refractivity contribution in [3.63, 3.8) is 0 Å². The molecule has 1 fully saturated rings. The van der Waals surface area contributed by atoms with E-state index < -0.39 is 5.97 Å². The lowest BCUT2D eigenvalue weighted by molar-refractivity contribution is -0.143. The second-order valence-corrected chi connectivity index (χ2v) is 4.76. The van der Waals surface area contributed by atoms with Crippen molar-refractivity contribution in [2.45, 2.75) is 12.8 Å². The predicted molar refractivity (Wildman–Crippen MR) is 75.9 cm³/mol. The average Bonchev–Trinajstić information content (AvgIpc) is 2.41. The molecule has 2 rings (SSSR count). The largest absolute Gasteiger partial charge is 0.489 e. The van der Waals surface area contributed by atoms with Gasteiger partial charge in [-0.3, -0.25) is 9.69 Å². The van der Waals surface area contributed by atoms with Gasteiger partial charge in [0, 0.05) is 13.1 Å². The number of halogens is 2. The fourth-order valence-corrected chi connectivity index (χ4v) is 2.31. The number of carboxylic acid groups (broad SMARTS) is 1. The van der Waals surface area contributed by atoms with Gasteiger partial charge in [-0.25, -0.2) is 4.39 Å². The van der Waals surface area contributed by atoms with Crippen molar-refractivity contribution in [3.05, 3.63) is 30.1 Å². The highest BCUT2D eigenvalue weighted by atomic mass is 35.5. The second kappa shape index (κ2) is 8.07. The molecule has 0 radical (unpaired) electrons. The third-order valence-corrected chi connectivity index (χ3v) is 3.36. The maximum absolute atomic E-state index is 13.3. The first-order valence-electron chi connectivity index (χ1n) is 6.49. The van der Waals surface area contributed by atoms with E-state index in [1.165, 1.54) is 6.07 Å². The van der Waals surface area contributed by atoms with Gasteiger partial charge in [-0.15, -0.1) is 12.4 Å². The second-order valence-electron chi connectivity index (χ2n) is 4.76. The van der Waals surface area contributed by atoms with E-state index in [-0.39, 0.29) is 29.9 Å². The first-order chi connectivity index (χ1) is 9.16. The molecule has 4 nitrogen and oxygen atoms in total. The van der Waals surface area contributed by atoms with E-state index in [1.807, 2.05) is 0 Å². The molecule has 1 atom stereocenters. The van der Waals surface area contributed by atoms with Crippen LogP contribution in [0.3, 0.4) is 0 Å². The maximum atomic E-state index is 13.3. The molecule has 0 spiro atoms. The Morgan fingerprint density at radius 2 is 2.20 bits per heavy atom. The number of carbonyl (C=O) groups is 1. The summed E-state index contributed by atoms with van der Waals surface area (Å²) in [4.78, 5) is 13.0. The van der Waals surface area contributed by atoms with Gasteiger partial charge in [-0.2, -0.15) is 0 Å². The molecule has 6 heteroatoms. The summed E-state index contributed by atoms with van der Waals surface area (Å²) in [5.41, 5.74) is 0. The van der Waals surface area contributed by atoms with Crippen molar-refractivity contribution >= 4 is 18.4 Å². The summed E-state index contributed by atoms with van der Waals surface area (Å²) in [6.07, 6.45) is 1.62. The molecule has 1 saturated heterocycles. The predicted octanol–water partition coefficient (Wildman–Crippen LogP) is 2.42. The number of carboxylic acids is 1. The van der Waals surface area contributed by atoms with Gasteiger partial charge in [-0.1, -0.05) is 12.1 Å². The van der Waals surface area contributed by atoms with Gasteiger partial charge < -0.3 is 9.84 Å². The number of ether oxygens (including phenoxy) is 1. The monoisotopic (exact) mass is 303 g/mol. The van der Waals surface area contributed by atoms with Gasteiger partial charge in [0.25, 0.3) is 0 Å². The lowest BCUT2D eigenvalue weighted by Crippen LogP contribution is -2.40. The molecule has 0 aromatic heterocycles. The average molecular weight is 304 g/mol. The van der Waals surface area contributed by atoms with Crippen LogP contribution in [0.1, 0.15) is 12.8 Å². The Morgan fingerprint density at radius 1 is 1.45 bits per heavy atom. The van der Waals surface area contributed by atoms with Crippen LogP contribution in [0.15, 0.2) is 24.3 Å². The fraction of sp³-hybridized carbons (Fsp3) is 0.500. The molecule has 1 aliphatic heterocycles. The Morgan fingerprint density at radius 3 is 2.90 bits per heavy atom. The molecular formula is C14H19ClFNO3. The molecule has 20 heavy (non-hydrogen) atoms. The number of rotatable bonds is 5. The highest BCUT2D eigenvalue weighted by Gasteiger charge is 2.24. The summed E-state index contributed by atoms with van der Waals surface area (Å²) >= 11 is 0. The van der Waals surface area contributed by atoms with E-state index in [4.69, 9.17) is 9.84 Å². The van der Waals surface area contributed by atoms with Crippen LogP contribution in [0.25, 0.3) is 0 Å². The van der Waals surface area contributed by atoms with Crippen molar-refractivity contribution in [2.24, 2.45) is 5.92 Å². The number of hydrogen-bond donors (Lipinski definition) is 1. The summed E-state index contributed by atoms with van der Waals surface area (Å²) in [6.45, 7) is 2.42. The molecule has 1 unspecified atom stereocenters. The summed E-state index contributed by atoms with van der Waals surface area (Å²) < 4.78 is 18.7. The SMILES string of the molecule is Cl.O=C(O)C1CCCN(CCOc2ccccc2F)C1. The van der Waals surface area contributed by atoms with Crippen LogP contribution in [0.5, 0.6) is 5.75 Å². The molecule has 0 aliphatic carbocycles. The fourth-order valence-electron chi connectivity index (χ4n) is 2.31. The highest BCUT2D eigenvalue weighted by Crippen LogP contribution is 2.18. The molecular weight excluding hydrogens is 285 g/mol. The first-order valence-corrected chi connectivity index (χ1v) is 6.49. The number of hydrogen-bond acceptors (Lipinski definition) is 3. The Bertz CT molecular complexity index is 444. The third-order valence-electron chi connectivity index (χ3n) is 3.36. The van der Waals surface area contributed by atoms with Crippen molar-refractivity contribution < 1.29 is 19.0 Å². The van der Waals surface area contributed by atoms with E-state index in [0.29, 0.717) is 19.7 Å². The van der Waals surface area contributed by atoms with Crippen LogP contribution >= 0.6 is 12.4 Å². The van der Waals surface area contributed by atoms with Crippen LogP contribution in [0.2, 0.25) is 0 Å². The van der Waals surface area contributed by atoms with Gasteiger partial charge in [0.2, 0.25) is 0 Å². The van der Waals surface area contributed by atoms with E-state index in [2.05, 4.69) is 4.90 Å². The van der Waals surface area contributed by atoms with E-state index in [0.717, 1.165) is 19.4 Å². The summed E-state index contributed by atoms with van der Waals surface area (Å²) in [7, 11) is 0. The minimum atomic E-state index is -0.736. The Kier molecular flexibility index (Phi) is 6.75. The molecule has 112 valence electrons.